The molecular weight excluding hydrogens is 400 g/mol. The number of thiophene rings is 1. The molecule has 3 N–H and O–H groups in total. The van der Waals surface area contributed by atoms with E-state index in [-0.39, 0.29) is 5.91 Å². The van der Waals surface area contributed by atoms with Crippen LogP contribution in [0.15, 0.2) is 24.3 Å². The van der Waals surface area contributed by atoms with Gasteiger partial charge in [-0.25, -0.2) is 0 Å². The predicted octanol–water partition coefficient (Wildman–Crippen LogP) is 4.42. The summed E-state index contributed by atoms with van der Waals surface area (Å²) in [7, 11) is 0. The quantitative estimate of drug-likeness (QED) is 0.609. The summed E-state index contributed by atoms with van der Waals surface area (Å²) in [6.07, 6.45) is 5.91. The Balaban J connectivity index is 1.77. The van der Waals surface area contributed by atoms with Gasteiger partial charge < -0.3 is 20.5 Å². The molecule has 0 radical (unpaired) electrons. The van der Waals surface area contributed by atoms with Gasteiger partial charge in [0.05, 0.1) is 18.8 Å². The second-order valence-corrected chi connectivity index (χ2v) is 8.42. The van der Waals surface area contributed by atoms with Gasteiger partial charge in [-0.1, -0.05) is 13.0 Å². The Hall–Kier alpha value is -2.80. The number of fused-ring (bicyclic) bond motifs is 1. The Morgan fingerprint density at radius 3 is 2.67 bits per heavy atom. The van der Waals surface area contributed by atoms with Crippen LogP contribution < -0.4 is 20.5 Å². The van der Waals surface area contributed by atoms with Gasteiger partial charge in [0.2, 0.25) is 5.91 Å². The van der Waals surface area contributed by atoms with Crippen molar-refractivity contribution < 1.29 is 19.1 Å². The van der Waals surface area contributed by atoms with E-state index < -0.39 is 5.91 Å². The molecular formula is C23H28N2O4S. The highest BCUT2D eigenvalue weighted by molar-refractivity contribution is 7.17. The van der Waals surface area contributed by atoms with Crippen molar-refractivity contribution in [3.8, 4) is 11.5 Å². The minimum atomic E-state index is -0.491. The summed E-state index contributed by atoms with van der Waals surface area (Å²) in [4.78, 5) is 25.7. The van der Waals surface area contributed by atoms with Crippen LogP contribution in [-0.2, 0) is 17.6 Å². The fourth-order valence-corrected chi connectivity index (χ4v) is 5.02. The van der Waals surface area contributed by atoms with Gasteiger partial charge in [-0.15, -0.1) is 11.3 Å². The van der Waals surface area contributed by atoms with Gasteiger partial charge in [-0.05, 0) is 68.4 Å². The number of amides is 2. The molecule has 1 aromatic carbocycles. The molecule has 0 bridgehead atoms. The molecule has 0 saturated carbocycles. The monoisotopic (exact) mass is 428 g/mol. The summed E-state index contributed by atoms with van der Waals surface area (Å²) in [6, 6.07) is 5.52. The van der Waals surface area contributed by atoms with Gasteiger partial charge in [-0.2, -0.15) is 0 Å². The van der Waals surface area contributed by atoms with E-state index in [1.807, 2.05) is 32.0 Å². The van der Waals surface area contributed by atoms with Crippen LogP contribution in [-0.4, -0.2) is 25.0 Å². The van der Waals surface area contributed by atoms with Crippen molar-refractivity contribution >= 4 is 34.2 Å². The van der Waals surface area contributed by atoms with Gasteiger partial charge in [0.25, 0.3) is 5.91 Å². The third-order valence-electron chi connectivity index (χ3n) is 4.99. The van der Waals surface area contributed by atoms with Crippen LogP contribution in [0.2, 0.25) is 0 Å². The zero-order valence-corrected chi connectivity index (χ0v) is 18.4. The van der Waals surface area contributed by atoms with Crippen LogP contribution in [0.3, 0.4) is 0 Å². The van der Waals surface area contributed by atoms with E-state index in [1.54, 1.807) is 6.08 Å². The smallest absolute Gasteiger partial charge is 0.251 e. The molecule has 7 heteroatoms. The fraction of sp³-hybridized carbons (Fsp3) is 0.391. The van der Waals surface area contributed by atoms with Crippen molar-refractivity contribution in [2.45, 2.75) is 40.0 Å². The summed E-state index contributed by atoms with van der Waals surface area (Å²) < 4.78 is 11.2. The molecule has 1 aliphatic rings. The van der Waals surface area contributed by atoms with Crippen molar-refractivity contribution in [3.63, 3.8) is 0 Å². The topological polar surface area (TPSA) is 90.6 Å². The number of ether oxygens (including phenoxy) is 2. The second-order valence-electron chi connectivity index (χ2n) is 7.31. The molecule has 0 spiro atoms. The average Bonchev–Trinajstić information content (AvgIpc) is 3.05. The molecule has 2 aromatic rings. The SMILES string of the molecule is CCOc1ccc(/C=C/C(=O)Nc2sc3c(c2C(N)=O)CCC(C)C3)cc1OCC. The fourth-order valence-electron chi connectivity index (χ4n) is 3.60. The van der Waals surface area contributed by atoms with Crippen molar-refractivity contribution in [2.24, 2.45) is 11.7 Å². The molecule has 0 fully saturated rings. The summed E-state index contributed by atoms with van der Waals surface area (Å²) in [6.45, 7) is 7.08. The number of nitrogens with two attached hydrogens (primary N) is 1. The molecule has 0 aliphatic heterocycles. The molecule has 160 valence electrons. The number of primary amides is 1. The number of hydrogen-bond donors (Lipinski definition) is 2. The maximum atomic E-state index is 12.5. The third kappa shape index (κ3) is 5.02. The first-order valence-corrected chi connectivity index (χ1v) is 11.1. The lowest BCUT2D eigenvalue weighted by atomic mass is 9.88. The largest absolute Gasteiger partial charge is 0.490 e. The molecule has 0 saturated heterocycles. The molecule has 30 heavy (non-hydrogen) atoms. The van der Waals surface area contributed by atoms with Gasteiger partial charge >= 0.3 is 0 Å². The number of hydrogen-bond acceptors (Lipinski definition) is 5. The first-order valence-electron chi connectivity index (χ1n) is 10.3. The number of anilines is 1. The number of nitrogens with one attached hydrogen (secondary N) is 1. The first kappa shape index (κ1) is 21.9. The van der Waals surface area contributed by atoms with E-state index in [0.29, 0.717) is 41.2 Å². The minimum absolute atomic E-state index is 0.309. The highest BCUT2D eigenvalue weighted by atomic mass is 32.1. The lowest BCUT2D eigenvalue weighted by Crippen LogP contribution is -2.18. The van der Waals surface area contributed by atoms with E-state index in [1.165, 1.54) is 17.4 Å². The number of carbonyl (C=O) groups is 2. The van der Waals surface area contributed by atoms with Gasteiger partial charge in [0.15, 0.2) is 11.5 Å². The van der Waals surface area contributed by atoms with Crippen LogP contribution >= 0.6 is 11.3 Å². The summed E-state index contributed by atoms with van der Waals surface area (Å²) in [5.74, 6) is 1.08. The van der Waals surface area contributed by atoms with Gasteiger partial charge in [0, 0.05) is 11.0 Å². The van der Waals surface area contributed by atoms with Crippen molar-refractivity contribution in [1.82, 2.24) is 0 Å². The highest BCUT2D eigenvalue weighted by Gasteiger charge is 2.26. The minimum Gasteiger partial charge on any atom is -0.490 e. The summed E-state index contributed by atoms with van der Waals surface area (Å²) in [5.41, 5.74) is 7.89. The van der Waals surface area contributed by atoms with E-state index in [4.69, 9.17) is 15.2 Å². The second kappa shape index (κ2) is 9.80. The van der Waals surface area contributed by atoms with E-state index in [2.05, 4.69) is 12.2 Å². The molecule has 1 aliphatic carbocycles. The summed E-state index contributed by atoms with van der Waals surface area (Å²) in [5, 5.41) is 3.38. The van der Waals surface area contributed by atoms with Crippen LogP contribution in [0.5, 0.6) is 11.5 Å². The van der Waals surface area contributed by atoms with Crippen molar-refractivity contribution in [1.29, 1.82) is 0 Å². The Labute approximate surface area is 181 Å². The van der Waals surface area contributed by atoms with Gasteiger partial charge in [0.1, 0.15) is 5.00 Å². The van der Waals surface area contributed by atoms with Crippen LogP contribution in [0, 0.1) is 5.92 Å². The lowest BCUT2D eigenvalue weighted by molar-refractivity contribution is -0.111. The molecule has 1 aromatic heterocycles. The van der Waals surface area contributed by atoms with Crippen LogP contribution in [0.25, 0.3) is 6.08 Å². The zero-order chi connectivity index (χ0) is 21.7. The molecule has 1 unspecified atom stereocenters. The summed E-state index contributed by atoms with van der Waals surface area (Å²) >= 11 is 1.46. The Bertz CT molecular complexity index is 964. The number of carbonyl (C=O) groups excluding carboxylic acids is 2. The van der Waals surface area contributed by atoms with Crippen LogP contribution in [0.4, 0.5) is 5.00 Å². The van der Waals surface area contributed by atoms with Gasteiger partial charge in [-0.3, -0.25) is 9.59 Å². The maximum absolute atomic E-state index is 12.5. The Morgan fingerprint density at radius 2 is 1.97 bits per heavy atom. The predicted molar refractivity (Wildman–Crippen MR) is 120 cm³/mol. The molecule has 2 amide bonds. The van der Waals surface area contributed by atoms with Crippen molar-refractivity contribution in [2.75, 3.05) is 18.5 Å². The molecule has 1 atom stereocenters. The maximum Gasteiger partial charge on any atom is 0.251 e. The highest BCUT2D eigenvalue weighted by Crippen LogP contribution is 2.39. The third-order valence-corrected chi connectivity index (χ3v) is 6.16. The Morgan fingerprint density at radius 1 is 1.23 bits per heavy atom. The molecule has 6 nitrogen and oxygen atoms in total. The number of benzene rings is 1. The lowest BCUT2D eigenvalue weighted by Gasteiger charge is -2.18. The normalized spacial score (nSPS) is 15.6. The zero-order valence-electron chi connectivity index (χ0n) is 17.6. The van der Waals surface area contributed by atoms with Crippen LogP contribution in [0.1, 0.15) is 53.6 Å². The Kier molecular flexibility index (Phi) is 7.15. The van der Waals surface area contributed by atoms with E-state index in [9.17, 15) is 9.59 Å². The van der Waals surface area contributed by atoms with E-state index >= 15 is 0 Å². The number of rotatable bonds is 8. The average molecular weight is 429 g/mol. The first-order chi connectivity index (χ1) is 14.4. The van der Waals surface area contributed by atoms with E-state index in [0.717, 1.165) is 35.3 Å². The molecule has 3 rings (SSSR count). The standard InChI is InChI=1S/C23H28N2O4S/c1-4-28-17-10-7-15(13-18(17)29-5-2)8-11-20(26)25-23-21(22(24)27)16-9-6-14(3)12-19(16)30-23/h7-8,10-11,13-14H,4-6,9,12H2,1-3H3,(H2,24,27)(H,25,26)/b11-8+. The van der Waals surface area contributed by atoms with Crippen molar-refractivity contribution in [3.05, 3.63) is 45.8 Å². The molecule has 1 heterocycles.